The summed E-state index contributed by atoms with van der Waals surface area (Å²) in [6.45, 7) is 3.85. The summed E-state index contributed by atoms with van der Waals surface area (Å²) in [5.74, 6) is -0.782. The van der Waals surface area contributed by atoms with Crippen LogP contribution in [0.5, 0.6) is 0 Å². The smallest absolute Gasteiger partial charge is 0.250 e. The lowest BCUT2D eigenvalue weighted by Gasteiger charge is -2.11. The zero-order valence-corrected chi connectivity index (χ0v) is 10.00. The van der Waals surface area contributed by atoms with Crippen LogP contribution in [0.3, 0.4) is 0 Å². The topological polar surface area (TPSA) is 64.3 Å². The Hall–Kier alpha value is -1.62. The van der Waals surface area contributed by atoms with Crippen molar-refractivity contribution in [3.05, 3.63) is 24.0 Å². The van der Waals surface area contributed by atoms with E-state index >= 15 is 0 Å². The van der Waals surface area contributed by atoms with Gasteiger partial charge in [-0.2, -0.15) is 0 Å². The first kappa shape index (κ1) is 13.4. The number of hydrogen-bond donors (Lipinski definition) is 2. The predicted molar refractivity (Wildman–Crippen MR) is 65.1 cm³/mol. The number of amides is 1. The van der Waals surface area contributed by atoms with Gasteiger partial charge in [0.2, 0.25) is 5.91 Å². The summed E-state index contributed by atoms with van der Waals surface area (Å²) in [6, 6.07) is 4.03. The Bertz CT molecular complexity index is 396. The Morgan fingerprint density at radius 3 is 2.88 bits per heavy atom. The molecular weight excluding hydrogens is 223 g/mol. The molecule has 0 fully saturated rings. The number of halogens is 1. The SMILES string of the molecule is CCC(C)OCC(=O)Nc1ccc(F)c(N)c1. The van der Waals surface area contributed by atoms with E-state index in [-0.39, 0.29) is 24.3 Å². The Balaban J connectivity index is 2.48. The number of ether oxygens (including phenoxy) is 1. The molecule has 17 heavy (non-hydrogen) atoms. The average Bonchev–Trinajstić information content (AvgIpc) is 2.31. The van der Waals surface area contributed by atoms with Crippen LogP contribution in [0.2, 0.25) is 0 Å². The van der Waals surface area contributed by atoms with E-state index in [0.717, 1.165) is 6.42 Å². The standard InChI is InChI=1S/C12H17FN2O2/c1-3-8(2)17-7-12(16)15-9-4-5-10(13)11(14)6-9/h4-6,8H,3,7,14H2,1-2H3,(H,15,16). The molecule has 0 aliphatic heterocycles. The van der Waals surface area contributed by atoms with Crippen LogP contribution in [0, 0.1) is 5.82 Å². The highest BCUT2D eigenvalue weighted by atomic mass is 19.1. The van der Waals surface area contributed by atoms with E-state index in [4.69, 9.17) is 10.5 Å². The summed E-state index contributed by atoms with van der Waals surface area (Å²) >= 11 is 0. The number of benzene rings is 1. The lowest BCUT2D eigenvalue weighted by atomic mass is 10.2. The highest BCUT2D eigenvalue weighted by molar-refractivity contribution is 5.92. The summed E-state index contributed by atoms with van der Waals surface area (Å²) in [4.78, 5) is 11.5. The van der Waals surface area contributed by atoms with Gasteiger partial charge >= 0.3 is 0 Å². The number of hydrogen-bond acceptors (Lipinski definition) is 3. The molecule has 5 heteroatoms. The van der Waals surface area contributed by atoms with E-state index in [0.29, 0.717) is 5.69 Å². The number of carbonyl (C=O) groups is 1. The summed E-state index contributed by atoms with van der Waals surface area (Å²) in [6.07, 6.45) is 0.885. The van der Waals surface area contributed by atoms with Gasteiger partial charge in [-0.3, -0.25) is 4.79 Å². The quantitative estimate of drug-likeness (QED) is 0.775. The Morgan fingerprint density at radius 2 is 2.29 bits per heavy atom. The van der Waals surface area contributed by atoms with Gasteiger partial charge in [0.1, 0.15) is 12.4 Å². The molecule has 1 atom stereocenters. The van der Waals surface area contributed by atoms with E-state index in [1.54, 1.807) is 0 Å². The molecule has 1 unspecified atom stereocenters. The fourth-order valence-electron chi connectivity index (χ4n) is 1.15. The molecule has 1 amide bonds. The van der Waals surface area contributed by atoms with Crippen molar-refractivity contribution >= 4 is 17.3 Å². The Kier molecular flexibility index (Phi) is 4.90. The summed E-state index contributed by atoms with van der Waals surface area (Å²) in [5.41, 5.74) is 5.85. The van der Waals surface area contributed by atoms with Gasteiger partial charge in [0.05, 0.1) is 11.8 Å². The van der Waals surface area contributed by atoms with E-state index in [1.165, 1.54) is 18.2 Å². The van der Waals surface area contributed by atoms with Gasteiger partial charge in [-0.15, -0.1) is 0 Å². The van der Waals surface area contributed by atoms with Gasteiger partial charge in [-0.25, -0.2) is 4.39 Å². The lowest BCUT2D eigenvalue weighted by Crippen LogP contribution is -2.21. The zero-order valence-electron chi connectivity index (χ0n) is 10.00. The minimum atomic E-state index is -0.501. The van der Waals surface area contributed by atoms with Gasteiger partial charge in [-0.05, 0) is 31.5 Å². The molecule has 0 spiro atoms. The van der Waals surface area contributed by atoms with Gasteiger partial charge in [-0.1, -0.05) is 6.92 Å². The normalized spacial score (nSPS) is 12.2. The highest BCUT2D eigenvalue weighted by Crippen LogP contribution is 2.16. The third kappa shape index (κ3) is 4.40. The first-order chi connectivity index (χ1) is 8.02. The Morgan fingerprint density at radius 1 is 1.59 bits per heavy atom. The molecule has 3 N–H and O–H groups in total. The number of carbonyl (C=O) groups excluding carboxylic acids is 1. The van der Waals surface area contributed by atoms with Gasteiger partial charge in [0.15, 0.2) is 0 Å². The molecule has 0 aromatic heterocycles. The summed E-state index contributed by atoms with van der Waals surface area (Å²) < 4.78 is 18.1. The zero-order chi connectivity index (χ0) is 12.8. The maximum Gasteiger partial charge on any atom is 0.250 e. The van der Waals surface area contributed by atoms with Crippen LogP contribution < -0.4 is 11.1 Å². The number of nitrogens with two attached hydrogens (primary N) is 1. The van der Waals surface area contributed by atoms with E-state index in [1.807, 2.05) is 13.8 Å². The molecule has 0 saturated carbocycles. The van der Waals surface area contributed by atoms with Crippen LogP contribution in [0.4, 0.5) is 15.8 Å². The van der Waals surface area contributed by atoms with Crippen LogP contribution in [0.1, 0.15) is 20.3 Å². The number of nitrogens with one attached hydrogen (secondary N) is 1. The molecular formula is C12H17FN2O2. The molecule has 0 aliphatic carbocycles. The summed E-state index contributed by atoms with van der Waals surface area (Å²) in [7, 11) is 0. The molecule has 0 heterocycles. The second-order valence-electron chi connectivity index (χ2n) is 3.81. The second-order valence-corrected chi connectivity index (χ2v) is 3.81. The lowest BCUT2D eigenvalue weighted by molar-refractivity contribution is -0.122. The second kappa shape index (κ2) is 6.20. The Labute approximate surface area is 100.0 Å². The van der Waals surface area contributed by atoms with Gasteiger partial charge in [0.25, 0.3) is 0 Å². The molecule has 1 aromatic rings. The van der Waals surface area contributed by atoms with Crippen LogP contribution in [0.25, 0.3) is 0 Å². The van der Waals surface area contributed by atoms with Crippen LogP contribution >= 0.6 is 0 Å². The van der Waals surface area contributed by atoms with Crippen molar-refractivity contribution in [1.82, 2.24) is 0 Å². The molecule has 1 aromatic carbocycles. The first-order valence-electron chi connectivity index (χ1n) is 5.49. The molecule has 94 valence electrons. The van der Waals surface area contributed by atoms with Crippen molar-refractivity contribution in [3.8, 4) is 0 Å². The maximum atomic E-state index is 12.9. The fraction of sp³-hybridized carbons (Fsp3) is 0.417. The summed E-state index contributed by atoms with van der Waals surface area (Å²) in [5, 5.41) is 2.58. The minimum absolute atomic E-state index is 0.00523. The van der Waals surface area contributed by atoms with Crippen molar-refractivity contribution < 1.29 is 13.9 Å². The monoisotopic (exact) mass is 240 g/mol. The van der Waals surface area contributed by atoms with E-state index in [9.17, 15) is 9.18 Å². The van der Waals surface area contributed by atoms with Crippen molar-refractivity contribution in [2.45, 2.75) is 26.4 Å². The number of anilines is 2. The molecule has 0 radical (unpaired) electrons. The van der Waals surface area contributed by atoms with Crippen molar-refractivity contribution in [2.24, 2.45) is 0 Å². The van der Waals surface area contributed by atoms with Crippen molar-refractivity contribution in [1.29, 1.82) is 0 Å². The van der Waals surface area contributed by atoms with Gasteiger partial charge < -0.3 is 15.8 Å². The van der Waals surface area contributed by atoms with E-state index in [2.05, 4.69) is 5.32 Å². The van der Waals surface area contributed by atoms with Crippen molar-refractivity contribution in [3.63, 3.8) is 0 Å². The number of nitrogen functional groups attached to an aromatic ring is 1. The fourth-order valence-corrected chi connectivity index (χ4v) is 1.15. The molecule has 0 saturated heterocycles. The molecule has 4 nitrogen and oxygen atoms in total. The van der Waals surface area contributed by atoms with Gasteiger partial charge in [0, 0.05) is 5.69 Å². The van der Waals surface area contributed by atoms with Crippen LogP contribution in [-0.2, 0) is 9.53 Å². The molecule has 0 aliphatic rings. The van der Waals surface area contributed by atoms with E-state index < -0.39 is 5.82 Å². The first-order valence-corrected chi connectivity index (χ1v) is 5.49. The molecule has 0 bridgehead atoms. The largest absolute Gasteiger partial charge is 0.396 e. The molecule has 1 rings (SSSR count). The van der Waals surface area contributed by atoms with Crippen molar-refractivity contribution in [2.75, 3.05) is 17.7 Å². The average molecular weight is 240 g/mol. The third-order valence-electron chi connectivity index (χ3n) is 2.35. The van der Waals surface area contributed by atoms with Crippen LogP contribution in [0.15, 0.2) is 18.2 Å². The minimum Gasteiger partial charge on any atom is -0.396 e. The highest BCUT2D eigenvalue weighted by Gasteiger charge is 2.06. The maximum absolute atomic E-state index is 12.9. The van der Waals surface area contributed by atoms with Crippen LogP contribution in [-0.4, -0.2) is 18.6 Å². The predicted octanol–water partition coefficient (Wildman–Crippen LogP) is 2.16. The third-order valence-corrected chi connectivity index (χ3v) is 2.35. The number of rotatable bonds is 5.